The van der Waals surface area contributed by atoms with Gasteiger partial charge in [0.1, 0.15) is 11.4 Å². The number of unbranched alkanes of at least 4 members (excludes halogenated alkanes) is 1. The van der Waals surface area contributed by atoms with Gasteiger partial charge < -0.3 is 14.8 Å². The van der Waals surface area contributed by atoms with E-state index in [1.54, 1.807) is 19.2 Å². The molecule has 0 spiro atoms. The van der Waals surface area contributed by atoms with Crippen molar-refractivity contribution >= 4 is 23.1 Å². The number of anilines is 1. The molecule has 2 aromatic rings. The number of carbonyl (C=O) groups excluding carboxylic acids is 2. The number of amides is 2. The zero-order chi connectivity index (χ0) is 23.1. The highest BCUT2D eigenvalue weighted by Crippen LogP contribution is 2.32. The molecule has 1 N–H and O–H groups in total. The van der Waals surface area contributed by atoms with Crippen LogP contribution >= 0.6 is 0 Å². The van der Waals surface area contributed by atoms with Crippen LogP contribution in [0.4, 0.5) is 5.69 Å². The first kappa shape index (κ1) is 23.5. The summed E-state index contributed by atoms with van der Waals surface area (Å²) in [5.74, 6) is 0.0908. The minimum atomic E-state index is -0.310. The van der Waals surface area contributed by atoms with E-state index >= 15 is 0 Å². The van der Waals surface area contributed by atoms with Crippen LogP contribution in [0.5, 0.6) is 5.75 Å². The third kappa shape index (κ3) is 5.37. The Morgan fingerprint density at radius 1 is 0.938 bits per heavy atom. The number of rotatable bonds is 11. The lowest BCUT2D eigenvalue weighted by molar-refractivity contribution is -0.137. The molecule has 6 nitrogen and oxygen atoms in total. The standard InChI is InChI=1S/C26H32N2O4/c1-5-6-15-32-16-7-14-28-25(29)23(20-10-12-21(31-4)13-11-20)24(26(28)30)27-22-17-18(2)8-9-19(22)3/h8-13,17,27H,5-7,14-16H2,1-4H3. The first-order valence-corrected chi connectivity index (χ1v) is 11.1. The molecule has 0 bridgehead atoms. The van der Waals surface area contributed by atoms with Crippen LogP contribution in [-0.4, -0.2) is 43.6 Å². The fourth-order valence-corrected chi connectivity index (χ4v) is 3.60. The minimum absolute atomic E-state index is 0.290. The molecule has 170 valence electrons. The highest BCUT2D eigenvalue weighted by Gasteiger charge is 2.39. The molecule has 2 amide bonds. The number of ether oxygens (including phenoxy) is 2. The molecule has 1 aliphatic heterocycles. The monoisotopic (exact) mass is 436 g/mol. The van der Waals surface area contributed by atoms with E-state index in [0.29, 0.717) is 48.8 Å². The molecule has 0 radical (unpaired) electrons. The second-order valence-corrected chi connectivity index (χ2v) is 8.00. The van der Waals surface area contributed by atoms with Crippen molar-refractivity contribution in [2.45, 2.75) is 40.0 Å². The van der Waals surface area contributed by atoms with E-state index in [1.165, 1.54) is 4.90 Å². The highest BCUT2D eigenvalue weighted by atomic mass is 16.5. The van der Waals surface area contributed by atoms with E-state index in [-0.39, 0.29) is 11.8 Å². The molecule has 6 heteroatoms. The Labute approximate surface area is 190 Å². The molecule has 3 rings (SSSR count). The number of methoxy groups -OCH3 is 1. The molecule has 0 aliphatic carbocycles. The quantitative estimate of drug-likeness (QED) is 0.408. The predicted molar refractivity (Wildman–Crippen MR) is 127 cm³/mol. The zero-order valence-corrected chi connectivity index (χ0v) is 19.4. The summed E-state index contributed by atoms with van der Waals surface area (Å²) in [6, 6.07) is 13.2. The van der Waals surface area contributed by atoms with Gasteiger partial charge in [-0.05, 0) is 61.6 Å². The molecular weight excluding hydrogens is 404 g/mol. The van der Waals surface area contributed by atoms with Gasteiger partial charge >= 0.3 is 0 Å². The molecule has 0 saturated heterocycles. The van der Waals surface area contributed by atoms with Crippen LogP contribution in [0, 0.1) is 13.8 Å². The van der Waals surface area contributed by atoms with Crippen molar-refractivity contribution in [3.8, 4) is 5.75 Å². The van der Waals surface area contributed by atoms with E-state index < -0.39 is 0 Å². The van der Waals surface area contributed by atoms with Gasteiger partial charge in [-0.3, -0.25) is 14.5 Å². The highest BCUT2D eigenvalue weighted by molar-refractivity contribution is 6.36. The number of carbonyl (C=O) groups is 2. The average Bonchev–Trinajstić information content (AvgIpc) is 3.02. The van der Waals surface area contributed by atoms with Crippen molar-refractivity contribution in [2.24, 2.45) is 0 Å². The van der Waals surface area contributed by atoms with E-state index in [2.05, 4.69) is 12.2 Å². The average molecular weight is 437 g/mol. The van der Waals surface area contributed by atoms with Gasteiger partial charge in [0, 0.05) is 25.4 Å². The summed E-state index contributed by atoms with van der Waals surface area (Å²) in [5.41, 5.74) is 4.25. The lowest BCUT2D eigenvalue weighted by Crippen LogP contribution is -2.34. The van der Waals surface area contributed by atoms with Crippen LogP contribution in [0.3, 0.4) is 0 Å². The second-order valence-electron chi connectivity index (χ2n) is 8.00. The zero-order valence-electron chi connectivity index (χ0n) is 19.4. The van der Waals surface area contributed by atoms with Crippen LogP contribution < -0.4 is 10.1 Å². The molecule has 0 fully saturated rings. The predicted octanol–water partition coefficient (Wildman–Crippen LogP) is 4.71. The lowest BCUT2D eigenvalue weighted by Gasteiger charge is -2.16. The number of aryl methyl sites for hydroxylation is 2. The van der Waals surface area contributed by atoms with Crippen molar-refractivity contribution in [3.63, 3.8) is 0 Å². The first-order chi connectivity index (χ1) is 15.5. The van der Waals surface area contributed by atoms with Crippen molar-refractivity contribution in [1.82, 2.24) is 4.90 Å². The Hall–Kier alpha value is -3.12. The Balaban J connectivity index is 1.87. The Kier molecular flexibility index (Phi) is 8.06. The molecule has 1 aliphatic rings. The van der Waals surface area contributed by atoms with Crippen LogP contribution in [-0.2, 0) is 14.3 Å². The Bertz CT molecular complexity index is 995. The molecule has 0 atom stereocenters. The van der Waals surface area contributed by atoms with Crippen molar-refractivity contribution in [2.75, 3.05) is 32.2 Å². The number of benzene rings is 2. The largest absolute Gasteiger partial charge is 0.497 e. The number of imide groups is 1. The van der Waals surface area contributed by atoms with Gasteiger partial charge in [-0.25, -0.2) is 0 Å². The van der Waals surface area contributed by atoms with Crippen LogP contribution in [0.2, 0.25) is 0 Å². The van der Waals surface area contributed by atoms with Crippen molar-refractivity contribution in [3.05, 3.63) is 64.9 Å². The summed E-state index contributed by atoms with van der Waals surface area (Å²) in [7, 11) is 1.59. The van der Waals surface area contributed by atoms with Gasteiger partial charge in [0.05, 0.1) is 12.7 Å². The summed E-state index contributed by atoms with van der Waals surface area (Å²) in [6.45, 7) is 7.63. The third-order valence-corrected chi connectivity index (χ3v) is 5.51. The number of hydrogen-bond donors (Lipinski definition) is 1. The van der Waals surface area contributed by atoms with Crippen LogP contribution in [0.1, 0.15) is 42.9 Å². The SMILES string of the molecule is CCCCOCCCN1C(=O)C(Nc2cc(C)ccc2C)=C(c2ccc(OC)cc2)C1=O. The smallest absolute Gasteiger partial charge is 0.278 e. The number of nitrogens with zero attached hydrogens (tertiary/aromatic N) is 1. The molecule has 0 unspecified atom stereocenters. The Morgan fingerprint density at radius 3 is 2.34 bits per heavy atom. The van der Waals surface area contributed by atoms with Gasteiger partial charge in [-0.2, -0.15) is 0 Å². The van der Waals surface area contributed by atoms with Crippen LogP contribution in [0.15, 0.2) is 48.2 Å². The lowest BCUT2D eigenvalue weighted by atomic mass is 10.0. The first-order valence-electron chi connectivity index (χ1n) is 11.1. The second kappa shape index (κ2) is 11.0. The molecule has 32 heavy (non-hydrogen) atoms. The van der Waals surface area contributed by atoms with Crippen molar-refractivity contribution in [1.29, 1.82) is 0 Å². The molecule has 1 heterocycles. The summed E-state index contributed by atoms with van der Waals surface area (Å²) < 4.78 is 10.8. The summed E-state index contributed by atoms with van der Waals surface area (Å²) in [4.78, 5) is 27.9. The van der Waals surface area contributed by atoms with Gasteiger partial charge in [0.15, 0.2) is 0 Å². The minimum Gasteiger partial charge on any atom is -0.497 e. The topological polar surface area (TPSA) is 67.9 Å². The van der Waals surface area contributed by atoms with E-state index in [9.17, 15) is 9.59 Å². The number of nitrogens with one attached hydrogen (secondary N) is 1. The normalized spacial score (nSPS) is 13.8. The van der Waals surface area contributed by atoms with E-state index in [1.807, 2.05) is 44.2 Å². The van der Waals surface area contributed by atoms with Gasteiger partial charge in [0.2, 0.25) is 0 Å². The molecule has 0 aromatic heterocycles. The number of hydrogen-bond acceptors (Lipinski definition) is 5. The maximum absolute atomic E-state index is 13.3. The van der Waals surface area contributed by atoms with Gasteiger partial charge in [0.25, 0.3) is 11.8 Å². The molecular formula is C26H32N2O4. The van der Waals surface area contributed by atoms with E-state index in [4.69, 9.17) is 9.47 Å². The summed E-state index contributed by atoms with van der Waals surface area (Å²) >= 11 is 0. The molecule has 0 saturated carbocycles. The maximum atomic E-state index is 13.3. The van der Waals surface area contributed by atoms with Gasteiger partial charge in [-0.1, -0.05) is 37.6 Å². The van der Waals surface area contributed by atoms with E-state index in [0.717, 1.165) is 29.7 Å². The Morgan fingerprint density at radius 2 is 1.66 bits per heavy atom. The maximum Gasteiger partial charge on any atom is 0.278 e. The van der Waals surface area contributed by atoms with Gasteiger partial charge in [-0.15, -0.1) is 0 Å². The fourth-order valence-electron chi connectivity index (χ4n) is 3.60. The van der Waals surface area contributed by atoms with Crippen molar-refractivity contribution < 1.29 is 19.1 Å². The summed E-state index contributed by atoms with van der Waals surface area (Å²) in [5, 5.41) is 3.26. The summed E-state index contributed by atoms with van der Waals surface area (Å²) in [6.07, 6.45) is 2.69. The fraction of sp³-hybridized carbons (Fsp3) is 0.385. The van der Waals surface area contributed by atoms with Crippen LogP contribution in [0.25, 0.3) is 5.57 Å². The molecule has 2 aromatic carbocycles. The third-order valence-electron chi connectivity index (χ3n) is 5.51.